The van der Waals surface area contributed by atoms with Crippen LogP contribution in [0.2, 0.25) is 0 Å². The molecule has 6 rings (SSSR count). The fraction of sp³-hybridized carbons (Fsp3) is 0.737. The summed E-state index contributed by atoms with van der Waals surface area (Å²) in [4.78, 5) is 17.2. The van der Waals surface area contributed by atoms with E-state index < -0.39 is 0 Å². The van der Waals surface area contributed by atoms with Gasteiger partial charge in [0.25, 0.3) is 0 Å². The summed E-state index contributed by atoms with van der Waals surface area (Å²) >= 11 is 1.82. The van der Waals surface area contributed by atoms with Crippen molar-refractivity contribution in [2.24, 2.45) is 23.2 Å². The number of thiophene rings is 1. The van der Waals surface area contributed by atoms with Crippen LogP contribution in [0.15, 0.2) is 17.5 Å². The first-order valence-electron chi connectivity index (χ1n) is 9.08. The van der Waals surface area contributed by atoms with E-state index in [2.05, 4.69) is 22.4 Å². The van der Waals surface area contributed by atoms with Crippen molar-refractivity contribution in [1.29, 1.82) is 0 Å². The number of hydrogen-bond acceptors (Lipinski definition) is 2. The molecule has 0 N–H and O–H groups in total. The molecule has 0 aromatic carbocycles. The average molecular weight is 315 g/mol. The molecule has 0 radical (unpaired) electrons. The molecule has 118 valence electrons. The molecule has 0 spiro atoms. The van der Waals surface area contributed by atoms with E-state index in [9.17, 15) is 4.79 Å². The van der Waals surface area contributed by atoms with E-state index in [1.807, 2.05) is 11.3 Å². The molecule has 2 nitrogen and oxygen atoms in total. The molecule has 1 atom stereocenters. The molecule has 1 amide bonds. The highest BCUT2D eigenvalue weighted by atomic mass is 32.1. The molecule has 1 aromatic heterocycles. The third-order valence-corrected chi connectivity index (χ3v) is 7.85. The van der Waals surface area contributed by atoms with Crippen molar-refractivity contribution in [2.75, 3.05) is 6.54 Å². The molecule has 4 bridgehead atoms. The van der Waals surface area contributed by atoms with E-state index in [-0.39, 0.29) is 5.41 Å². The highest BCUT2D eigenvalue weighted by molar-refractivity contribution is 7.10. The predicted molar refractivity (Wildman–Crippen MR) is 88.6 cm³/mol. The minimum absolute atomic E-state index is 0.0363. The van der Waals surface area contributed by atoms with Crippen LogP contribution < -0.4 is 0 Å². The van der Waals surface area contributed by atoms with Gasteiger partial charge in [0, 0.05) is 11.4 Å². The normalized spacial score (nSPS) is 43.0. The molecule has 1 saturated heterocycles. The molecule has 0 unspecified atom stereocenters. The second-order valence-electron chi connectivity index (χ2n) is 8.37. The Bertz CT molecular complexity index is 543. The Labute approximate surface area is 136 Å². The third-order valence-electron chi connectivity index (χ3n) is 6.88. The van der Waals surface area contributed by atoms with E-state index in [0.29, 0.717) is 11.9 Å². The Kier molecular flexibility index (Phi) is 2.99. The summed E-state index contributed by atoms with van der Waals surface area (Å²) in [5.41, 5.74) is 0.0363. The molecule has 3 heteroatoms. The van der Waals surface area contributed by atoms with E-state index in [1.165, 1.54) is 56.2 Å². The Morgan fingerprint density at radius 2 is 1.82 bits per heavy atom. The predicted octanol–water partition coefficient (Wildman–Crippen LogP) is 4.63. The molecule has 4 aliphatic carbocycles. The van der Waals surface area contributed by atoms with Gasteiger partial charge in [-0.2, -0.15) is 0 Å². The third kappa shape index (κ3) is 1.94. The zero-order valence-corrected chi connectivity index (χ0v) is 14.0. The molecule has 4 saturated carbocycles. The topological polar surface area (TPSA) is 20.3 Å². The molecule has 22 heavy (non-hydrogen) atoms. The lowest BCUT2D eigenvalue weighted by Crippen LogP contribution is -2.54. The zero-order chi connectivity index (χ0) is 14.7. The molecule has 1 aliphatic heterocycles. The maximum atomic E-state index is 13.5. The largest absolute Gasteiger partial charge is 0.334 e. The highest BCUT2D eigenvalue weighted by Gasteiger charge is 2.56. The number of likely N-dealkylation sites (tertiary alicyclic amines) is 1. The summed E-state index contributed by atoms with van der Waals surface area (Å²) < 4.78 is 0. The van der Waals surface area contributed by atoms with Crippen LogP contribution in [0.1, 0.15) is 62.3 Å². The van der Waals surface area contributed by atoms with Crippen LogP contribution in [-0.4, -0.2) is 17.4 Å². The van der Waals surface area contributed by atoms with Crippen molar-refractivity contribution in [3.63, 3.8) is 0 Å². The number of hydrogen-bond donors (Lipinski definition) is 0. The summed E-state index contributed by atoms with van der Waals surface area (Å²) in [6.45, 7) is 0.989. The Balaban J connectivity index is 1.44. The maximum Gasteiger partial charge on any atom is 0.229 e. The number of amides is 1. The van der Waals surface area contributed by atoms with Gasteiger partial charge in [-0.15, -0.1) is 11.3 Å². The first-order valence-corrected chi connectivity index (χ1v) is 9.96. The van der Waals surface area contributed by atoms with Gasteiger partial charge in [0.2, 0.25) is 5.91 Å². The minimum Gasteiger partial charge on any atom is -0.334 e. The van der Waals surface area contributed by atoms with Crippen LogP contribution in [0.4, 0.5) is 0 Å². The summed E-state index contributed by atoms with van der Waals surface area (Å²) in [7, 11) is 0. The number of carbonyl (C=O) groups is 1. The lowest BCUT2D eigenvalue weighted by atomic mass is 9.49. The van der Waals surface area contributed by atoms with Gasteiger partial charge in [-0.25, -0.2) is 0 Å². The van der Waals surface area contributed by atoms with Crippen LogP contribution in [-0.2, 0) is 4.79 Å². The summed E-state index contributed by atoms with van der Waals surface area (Å²) in [5.74, 6) is 3.11. The summed E-state index contributed by atoms with van der Waals surface area (Å²) in [6.07, 6.45) is 10.2. The lowest BCUT2D eigenvalue weighted by Gasteiger charge is -2.56. The van der Waals surface area contributed by atoms with Crippen LogP contribution in [0, 0.1) is 23.2 Å². The van der Waals surface area contributed by atoms with Crippen LogP contribution in [0.25, 0.3) is 0 Å². The smallest absolute Gasteiger partial charge is 0.229 e. The van der Waals surface area contributed by atoms with Crippen LogP contribution >= 0.6 is 11.3 Å². The molecule has 5 aliphatic rings. The van der Waals surface area contributed by atoms with E-state index >= 15 is 0 Å². The van der Waals surface area contributed by atoms with Gasteiger partial charge < -0.3 is 4.90 Å². The van der Waals surface area contributed by atoms with Gasteiger partial charge in [0.15, 0.2) is 0 Å². The van der Waals surface area contributed by atoms with Crippen molar-refractivity contribution in [3.05, 3.63) is 22.4 Å². The van der Waals surface area contributed by atoms with Crippen molar-refractivity contribution in [1.82, 2.24) is 4.90 Å². The van der Waals surface area contributed by atoms with Gasteiger partial charge in [0.05, 0.1) is 11.5 Å². The SMILES string of the molecule is O=C(N1CCC[C@@H]1c1cccs1)C12CC3CC(CC(C3)C1)C2. The van der Waals surface area contributed by atoms with E-state index in [4.69, 9.17) is 0 Å². The second-order valence-corrected chi connectivity index (χ2v) is 9.35. The number of nitrogens with zero attached hydrogens (tertiary/aromatic N) is 1. The van der Waals surface area contributed by atoms with Crippen LogP contribution in [0.3, 0.4) is 0 Å². The van der Waals surface area contributed by atoms with Crippen LogP contribution in [0.5, 0.6) is 0 Å². The fourth-order valence-electron chi connectivity index (χ4n) is 6.46. The maximum absolute atomic E-state index is 13.5. The zero-order valence-electron chi connectivity index (χ0n) is 13.2. The Hall–Kier alpha value is -0.830. The molecule has 5 fully saturated rings. The summed E-state index contributed by atoms with van der Waals surface area (Å²) in [6, 6.07) is 4.73. The van der Waals surface area contributed by atoms with Crippen molar-refractivity contribution in [3.8, 4) is 0 Å². The highest BCUT2D eigenvalue weighted by Crippen LogP contribution is 2.61. The van der Waals surface area contributed by atoms with Crippen molar-refractivity contribution in [2.45, 2.75) is 57.4 Å². The quantitative estimate of drug-likeness (QED) is 0.779. The fourth-order valence-corrected chi connectivity index (χ4v) is 7.34. The first-order chi connectivity index (χ1) is 10.7. The molecule has 1 aromatic rings. The molecular formula is C19H25NOS. The van der Waals surface area contributed by atoms with E-state index in [1.54, 1.807) is 0 Å². The standard InChI is InChI=1S/C19H25NOS/c21-18(20-5-1-3-16(20)17-4-2-6-22-17)19-10-13-7-14(11-19)9-15(8-13)12-19/h2,4,6,13-16H,1,3,5,7-12H2/t13?,14?,15?,16-,19?/m1/s1. The molecule has 2 heterocycles. The minimum atomic E-state index is 0.0363. The van der Waals surface area contributed by atoms with Gasteiger partial charge >= 0.3 is 0 Å². The lowest BCUT2D eigenvalue weighted by molar-refractivity contribution is -0.158. The second kappa shape index (κ2) is 4.83. The van der Waals surface area contributed by atoms with Crippen molar-refractivity contribution < 1.29 is 4.79 Å². The number of rotatable bonds is 2. The van der Waals surface area contributed by atoms with Gasteiger partial charge in [-0.3, -0.25) is 4.79 Å². The van der Waals surface area contributed by atoms with E-state index in [0.717, 1.165) is 24.3 Å². The van der Waals surface area contributed by atoms with Gasteiger partial charge in [-0.1, -0.05) is 6.07 Å². The molecular weight excluding hydrogens is 290 g/mol. The Morgan fingerprint density at radius 3 is 2.41 bits per heavy atom. The van der Waals surface area contributed by atoms with Crippen molar-refractivity contribution >= 4 is 17.2 Å². The number of carbonyl (C=O) groups excluding carboxylic acids is 1. The van der Waals surface area contributed by atoms with Gasteiger partial charge in [-0.05, 0) is 80.6 Å². The Morgan fingerprint density at radius 1 is 1.14 bits per heavy atom. The summed E-state index contributed by atoms with van der Waals surface area (Å²) in [5, 5.41) is 2.15. The monoisotopic (exact) mass is 315 g/mol. The first kappa shape index (κ1) is 13.6. The van der Waals surface area contributed by atoms with Gasteiger partial charge in [0.1, 0.15) is 0 Å². The average Bonchev–Trinajstić information content (AvgIpc) is 3.16.